The molecule has 0 spiro atoms. The van der Waals surface area contributed by atoms with Gasteiger partial charge in [-0.1, -0.05) is 0 Å². The van der Waals surface area contributed by atoms with Gasteiger partial charge in [0.05, 0.1) is 12.9 Å². The third kappa shape index (κ3) is 13.0. The Morgan fingerprint density at radius 1 is 1.42 bits per heavy atom. The van der Waals surface area contributed by atoms with Crippen molar-refractivity contribution in [3.05, 3.63) is 0 Å². The van der Waals surface area contributed by atoms with Crippen LogP contribution >= 0.6 is 0 Å². The second-order valence-corrected chi connectivity index (χ2v) is 4.27. The number of amides is 1. The van der Waals surface area contributed by atoms with Crippen LogP contribution in [-0.2, 0) is 4.79 Å². The maximum absolute atomic E-state index is 12.0. The van der Waals surface area contributed by atoms with Gasteiger partial charge in [-0.15, -0.1) is 0 Å². The lowest BCUT2D eigenvalue weighted by molar-refractivity contribution is -0.120. The van der Waals surface area contributed by atoms with Gasteiger partial charge in [-0.3, -0.25) is 9.79 Å². The highest BCUT2D eigenvalue weighted by Crippen LogP contribution is 1.95. The molecule has 0 fully saturated rings. The Bertz CT molecular complexity index is 262. The standard InChI is InChI=1S/C12H24F2N4O/c1-15-12(19)5-3-6-16-10-17-7-4-8-18(2)9-11(13)14/h10-11H,3-9H2,1-2H3,(H,15,19)(H,16,17). The summed E-state index contributed by atoms with van der Waals surface area (Å²) in [5.74, 6) is 0.0187. The summed E-state index contributed by atoms with van der Waals surface area (Å²) in [4.78, 5) is 16.6. The van der Waals surface area contributed by atoms with Gasteiger partial charge in [-0.05, 0) is 26.4 Å². The van der Waals surface area contributed by atoms with Crippen LogP contribution in [0, 0.1) is 0 Å². The smallest absolute Gasteiger partial charge is 0.251 e. The molecule has 0 aliphatic heterocycles. The third-order valence-electron chi connectivity index (χ3n) is 2.46. The molecule has 0 aromatic rings. The molecule has 0 saturated carbocycles. The SMILES string of the molecule is CNC(=O)CCCN=CNCCCN(C)CC(F)F. The maximum atomic E-state index is 12.0. The summed E-state index contributed by atoms with van der Waals surface area (Å²) in [6.45, 7) is 1.74. The van der Waals surface area contributed by atoms with Gasteiger partial charge in [-0.25, -0.2) is 8.78 Å². The Balaban J connectivity index is 3.32. The number of nitrogens with one attached hydrogen (secondary N) is 2. The van der Waals surface area contributed by atoms with Gasteiger partial charge >= 0.3 is 0 Å². The summed E-state index contributed by atoms with van der Waals surface area (Å²) in [6.07, 6.45) is 1.31. The van der Waals surface area contributed by atoms with Gasteiger partial charge in [-0.2, -0.15) is 0 Å². The zero-order chi connectivity index (χ0) is 14.5. The fraction of sp³-hybridized carbons (Fsp3) is 0.833. The first-order valence-electron chi connectivity index (χ1n) is 6.45. The van der Waals surface area contributed by atoms with Crippen LogP contribution in [0.3, 0.4) is 0 Å². The van der Waals surface area contributed by atoms with Crippen molar-refractivity contribution < 1.29 is 13.6 Å². The minimum Gasteiger partial charge on any atom is -0.376 e. The number of carbonyl (C=O) groups is 1. The summed E-state index contributed by atoms with van der Waals surface area (Å²) in [7, 11) is 3.29. The lowest BCUT2D eigenvalue weighted by Gasteiger charge is -2.15. The molecule has 19 heavy (non-hydrogen) atoms. The van der Waals surface area contributed by atoms with Crippen molar-refractivity contribution >= 4 is 12.2 Å². The Labute approximate surface area is 113 Å². The highest BCUT2D eigenvalue weighted by atomic mass is 19.3. The van der Waals surface area contributed by atoms with Gasteiger partial charge in [0.1, 0.15) is 0 Å². The predicted octanol–water partition coefficient (Wildman–Crippen LogP) is 0.718. The van der Waals surface area contributed by atoms with Crippen molar-refractivity contribution in [2.24, 2.45) is 4.99 Å². The monoisotopic (exact) mass is 278 g/mol. The molecule has 0 aliphatic rings. The second-order valence-electron chi connectivity index (χ2n) is 4.27. The van der Waals surface area contributed by atoms with E-state index in [2.05, 4.69) is 15.6 Å². The lowest BCUT2D eigenvalue weighted by Crippen LogP contribution is -2.27. The van der Waals surface area contributed by atoms with Crippen molar-refractivity contribution in [2.45, 2.75) is 25.7 Å². The fourth-order valence-electron chi connectivity index (χ4n) is 1.43. The molecular formula is C12H24F2N4O. The van der Waals surface area contributed by atoms with Gasteiger partial charge in [0.25, 0.3) is 6.43 Å². The van der Waals surface area contributed by atoms with Crippen LogP contribution in [0.5, 0.6) is 0 Å². The summed E-state index contributed by atoms with van der Waals surface area (Å²) < 4.78 is 24.0. The molecule has 0 aromatic carbocycles. The summed E-state index contributed by atoms with van der Waals surface area (Å²) >= 11 is 0. The van der Waals surface area contributed by atoms with Crippen molar-refractivity contribution in [2.75, 3.05) is 40.3 Å². The zero-order valence-corrected chi connectivity index (χ0v) is 11.7. The Kier molecular flexibility index (Phi) is 11.1. The molecule has 0 saturated heterocycles. The largest absolute Gasteiger partial charge is 0.376 e. The molecule has 1 amide bonds. The number of halogens is 2. The predicted molar refractivity (Wildman–Crippen MR) is 72.8 cm³/mol. The molecule has 5 nitrogen and oxygen atoms in total. The number of hydrogen-bond acceptors (Lipinski definition) is 3. The number of carbonyl (C=O) groups excluding carboxylic acids is 1. The van der Waals surface area contributed by atoms with Crippen molar-refractivity contribution in [3.63, 3.8) is 0 Å². The number of hydrogen-bond donors (Lipinski definition) is 2. The van der Waals surface area contributed by atoms with Gasteiger partial charge in [0.2, 0.25) is 5.91 Å². The van der Waals surface area contributed by atoms with E-state index < -0.39 is 6.43 Å². The second kappa shape index (κ2) is 11.8. The number of nitrogens with zero attached hydrogens (tertiary/aromatic N) is 2. The first kappa shape index (κ1) is 17.8. The van der Waals surface area contributed by atoms with E-state index in [4.69, 9.17) is 0 Å². The van der Waals surface area contributed by atoms with E-state index >= 15 is 0 Å². The Hall–Kier alpha value is -1.24. The van der Waals surface area contributed by atoms with Gasteiger partial charge in [0, 0.05) is 26.6 Å². The molecule has 0 aliphatic carbocycles. The lowest BCUT2D eigenvalue weighted by atomic mass is 10.3. The number of aliphatic imine (C=N–C) groups is 1. The van der Waals surface area contributed by atoms with E-state index in [9.17, 15) is 13.6 Å². The fourth-order valence-corrected chi connectivity index (χ4v) is 1.43. The molecule has 0 aromatic heterocycles. The molecule has 112 valence electrons. The number of alkyl halides is 2. The van der Waals surface area contributed by atoms with E-state index in [1.54, 1.807) is 25.3 Å². The topological polar surface area (TPSA) is 56.7 Å². The molecule has 0 unspecified atom stereocenters. The van der Waals surface area contributed by atoms with Crippen LogP contribution in [0.4, 0.5) is 8.78 Å². The van der Waals surface area contributed by atoms with Crippen LogP contribution in [-0.4, -0.2) is 63.8 Å². The summed E-state index contributed by atoms with van der Waals surface area (Å²) in [5.41, 5.74) is 0. The van der Waals surface area contributed by atoms with E-state index in [0.29, 0.717) is 26.1 Å². The molecule has 0 bridgehead atoms. The van der Waals surface area contributed by atoms with Gasteiger partial charge in [0.15, 0.2) is 0 Å². The van der Waals surface area contributed by atoms with Crippen molar-refractivity contribution in [1.29, 1.82) is 0 Å². The first-order valence-corrected chi connectivity index (χ1v) is 6.45. The van der Waals surface area contributed by atoms with E-state index in [0.717, 1.165) is 12.8 Å². The molecule has 0 heterocycles. The van der Waals surface area contributed by atoms with Crippen LogP contribution in [0.25, 0.3) is 0 Å². The van der Waals surface area contributed by atoms with Crippen molar-refractivity contribution in [3.8, 4) is 0 Å². The Morgan fingerprint density at radius 3 is 2.79 bits per heavy atom. The van der Waals surface area contributed by atoms with E-state index in [1.165, 1.54) is 0 Å². The van der Waals surface area contributed by atoms with Crippen LogP contribution in [0.1, 0.15) is 19.3 Å². The molecule has 0 rings (SSSR count). The van der Waals surface area contributed by atoms with E-state index in [1.807, 2.05) is 0 Å². The average molecular weight is 278 g/mol. The van der Waals surface area contributed by atoms with Gasteiger partial charge < -0.3 is 15.5 Å². The van der Waals surface area contributed by atoms with E-state index in [-0.39, 0.29) is 12.5 Å². The van der Waals surface area contributed by atoms with Crippen LogP contribution < -0.4 is 10.6 Å². The average Bonchev–Trinajstić information content (AvgIpc) is 2.35. The quantitative estimate of drug-likeness (QED) is 0.333. The molecule has 0 radical (unpaired) electrons. The van der Waals surface area contributed by atoms with Crippen LogP contribution in [0.2, 0.25) is 0 Å². The summed E-state index contributed by atoms with van der Waals surface area (Å²) in [5, 5.41) is 5.53. The minimum absolute atomic E-state index is 0.0187. The Morgan fingerprint density at radius 2 is 2.16 bits per heavy atom. The molecular weight excluding hydrogens is 254 g/mol. The number of rotatable bonds is 11. The third-order valence-corrected chi connectivity index (χ3v) is 2.46. The molecule has 0 atom stereocenters. The zero-order valence-electron chi connectivity index (χ0n) is 11.7. The molecule has 7 heteroatoms. The van der Waals surface area contributed by atoms with Crippen LogP contribution in [0.15, 0.2) is 4.99 Å². The van der Waals surface area contributed by atoms with Crippen molar-refractivity contribution in [1.82, 2.24) is 15.5 Å². The normalized spacial score (nSPS) is 11.5. The highest BCUT2D eigenvalue weighted by molar-refractivity contribution is 5.75. The summed E-state index contributed by atoms with van der Waals surface area (Å²) in [6, 6.07) is 0. The maximum Gasteiger partial charge on any atom is 0.251 e. The highest BCUT2D eigenvalue weighted by Gasteiger charge is 2.06. The minimum atomic E-state index is -2.28. The molecule has 2 N–H and O–H groups in total. The first-order chi connectivity index (χ1) is 9.06.